The number of amides is 1. The van der Waals surface area contributed by atoms with Gasteiger partial charge in [0.25, 0.3) is 0 Å². The summed E-state index contributed by atoms with van der Waals surface area (Å²) in [6.45, 7) is 1.99. The molecule has 0 heterocycles. The molecule has 0 aliphatic heterocycles. The van der Waals surface area contributed by atoms with Crippen molar-refractivity contribution in [3.63, 3.8) is 0 Å². The fraction of sp³-hybridized carbons (Fsp3) is 0.900. The third kappa shape index (κ3) is 2.01. The van der Waals surface area contributed by atoms with Crippen LogP contribution < -0.4 is 5.32 Å². The van der Waals surface area contributed by atoms with Gasteiger partial charge in [0.1, 0.15) is 0 Å². The molecular formula is C10H17NOS. The van der Waals surface area contributed by atoms with E-state index < -0.39 is 0 Å². The molecule has 2 fully saturated rings. The second-order valence-electron chi connectivity index (χ2n) is 4.36. The molecule has 2 aliphatic carbocycles. The highest BCUT2D eigenvalue weighted by molar-refractivity contribution is 7.81. The maximum absolute atomic E-state index is 11.5. The summed E-state index contributed by atoms with van der Waals surface area (Å²) in [5.74, 6) is 1.99. The molecule has 2 saturated carbocycles. The molecule has 0 aromatic heterocycles. The maximum atomic E-state index is 11.5. The first kappa shape index (κ1) is 9.38. The van der Waals surface area contributed by atoms with Crippen LogP contribution in [0.1, 0.15) is 32.6 Å². The molecule has 0 aromatic rings. The van der Waals surface area contributed by atoms with Gasteiger partial charge in [-0.25, -0.2) is 0 Å². The predicted molar refractivity (Wildman–Crippen MR) is 55.8 cm³/mol. The molecule has 1 amide bonds. The summed E-state index contributed by atoms with van der Waals surface area (Å²) < 4.78 is 0. The van der Waals surface area contributed by atoms with E-state index >= 15 is 0 Å². The third-order valence-electron chi connectivity index (χ3n) is 3.28. The lowest BCUT2D eigenvalue weighted by Crippen LogP contribution is -2.38. The number of rotatable bonds is 3. The number of thiol groups is 1. The maximum Gasteiger partial charge on any atom is 0.233 e. The van der Waals surface area contributed by atoms with Crippen molar-refractivity contribution in [1.82, 2.24) is 5.32 Å². The zero-order chi connectivity index (χ0) is 9.42. The van der Waals surface area contributed by atoms with Gasteiger partial charge in [0, 0.05) is 6.04 Å². The van der Waals surface area contributed by atoms with Crippen LogP contribution in [-0.4, -0.2) is 17.2 Å². The molecule has 0 bridgehead atoms. The Hall–Kier alpha value is -0.180. The average Bonchev–Trinajstić information content (AvgIpc) is 2.73. The van der Waals surface area contributed by atoms with E-state index in [2.05, 4.69) is 17.9 Å². The number of carbonyl (C=O) groups is 1. The quantitative estimate of drug-likeness (QED) is 0.664. The van der Waals surface area contributed by atoms with Crippen LogP contribution in [0.3, 0.4) is 0 Å². The second kappa shape index (κ2) is 3.52. The van der Waals surface area contributed by atoms with E-state index in [1.807, 2.05) is 6.92 Å². The van der Waals surface area contributed by atoms with Crippen molar-refractivity contribution >= 4 is 18.5 Å². The summed E-state index contributed by atoms with van der Waals surface area (Å²) in [6.07, 6.45) is 4.64. The smallest absolute Gasteiger partial charge is 0.233 e. The summed E-state index contributed by atoms with van der Waals surface area (Å²) in [4.78, 5) is 11.5. The lowest BCUT2D eigenvalue weighted by Gasteiger charge is -2.16. The summed E-state index contributed by atoms with van der Waals surface area (Å²) in [5, 5.41) is 2.96. The van der Waals surface area contributed by atoms with Gasteiger partial charge in [0.05, 0.1) is 5.25 Å². The van der Waals surface area contributed by atoms with Crippen LogP contribution >= 0.6 is 12.6 Å². The van der Waals surface area contributed by atoms with Crippen molar-refractivity contribution < 1.29 is 4.79 Å². The van der Waals surface area contributed by atoms with E-state index in [9.17, 15) is 4.79 Å². The van der Waals surface area contributed by atoms with Crippen molar-refractivity contribution in [2.24, 2.45) is 11.8 Å². The molecule has 3 atom stereocenters. The lowest BCUT2D eigenvalue weighted by atomic mass is 10.1. The molecule has 1 N–H and O–H groups in total. The van der Waals surface area contributed by atoms with Crippen molar-refractivity contribution in [3.05, 3.63) is 0 Å². The molecule has 2 aliphatic rings. The average molecular weight is 199 g/mol. The largest absolute Gasteiger partial charge is 0.352 e. The zero-order valence-corrected chi connectivity index (χ0v) is 8.89. The summed E-state index contributed by atoms with van der Waals surface area (Å²) in [7, 11) is 0. The van der Waals surface area contributed by atoms with Crippen LogP contribution in [0.15, 0.2) is 0 Å². The van der Waals surface area contributed by atoms with Crippen LogP contribution in [0.4, 0.5) is 0 Å². The summed E-state index contributed by atoms with van der Waals surface area (Å²) in [5.41, 5.74) is 0. The first-order chi connectivity index (χ1) is 6.20. The van der Waals surface area contributed by atoms with E-state index in [1.54, 1.807) is 0 Å². The zero-order valence-electron chi connectivity index (χ0n) is 7.99. The first-order valence-corrected chi connectivity index (χ1v) is 5.70. The van der Waals surface area contributed by atoms with Gasteiger partial charge < -0.3 is 5.32 Å². The van der Waals surface area contributed by atoms with Crippen molar-refractivity contribution in [1.29, 1.82) is 0 Å². The van der Waals surface area contributed by atoms with Crippen LogP contribution in [0.5, 0.6) is 0 Å². The third-order valence-corrected chi connectivity index (χ3v) is 3.88. The van der Waals surface area contributed by atoms with Gasteiger partial charge in [-0.05, 0) is 37.5 Å². The van der Waals surface area contributed by atoms with Crippen LogP contribution in [-0.2, 0) is 4.79 Å². The topological polar surface area (TPSA) is 29.1 Å². The van der Waals surface area contributed by atoms with Crippen molar-refractivity contribution in [2.75, 3.05) is 0 Å². The first-order valence-electron chi connectivity index (χ1n) is 5.19. The normalized spacial score (nSPS) is 38.2. The number of carbonyl (C=O) groups excluding carboxylic acids is 1. The Balaban J connectivity index is 1.75. The molecule has 0 aromatic carbocycles. The molecule has 13 heavy (non-hydrogen) atoms. The molecule has 3 heteroatoms. The molecule has 0 spiro atoms. The number of fused-ring (bicyclic) bond motifs is 1. The van der Waals surface area contributed by atoms with E-state index in [4.69, 9.17) is 0 Å². The Morgan fingerprint density at radius 2 is 2.08 bits per heavy atom. The van der Waals surface area contributed by atoms with Crippen molar-refractivity contribution in [3.8, 4) is 0 Å². The second-order valence-corrected chi connectivity index (χ2v) is 4.98. The standard InChI is InChI=1S/C10H17NOS/c1-2-9(13)10(12)11-8-4-6-3-7(6)5-8/h6-9,13H,2-5H2,1H3,(H,11,12). The van der Waals surface area contributed by atoms with Gasteiger partial charge >= 0.3 is 0 Å². The van der Waals surface area contributed by atoms with E-state index in [0.29, 0.717) is 6.04 Å². The minimum Gasteiger partial charge on any atom is -0.352 e. The number of hydrogen-bond donors (Lipinski definition) is 2. The Bertz CT molecular complexity index is 209. The summed E-state index contributed by atoms with van der Waals surface area (Å²) in [6, 6.07) is 0.456. The SMILES string of the molecule is CCC(S)C(=O)NC1CC2CC2C1. The number of hydrogen-bond acceptors (Lipinski definition) is 2. The Labute approximate surface area is 84.9 Å². The van der Waals surface area contributed by atoms with Crippen LogP contribution in [0.2, 0.25) is 0 Å². The monoisotopic (exact) mass is 199 g/mol. The van der Waals surface area contributed by atoms with Gasteiger partial charge in [-0.3, -0.25) is 4.79 Å². The molecule has 3 unspecified atom stereocenters. The highest BCUT2D eigenvalue weighted by atomic mass is 32.1. The van der Waals surface area contributed by atoms with E-state index in [-0.39, 0.29) is 11.2 Å². The van der Waals surface area contributed by atoms with Crippen LogP contribution in [0, 0.1) is 11.8 Å². The molecule has 2 rings (SSSR count). The lowest BCUT2D eigenvalue weighted by molar-refractivity contribution is -0.121. The highest BCUT2D eigenvalue weighted by Crippen LogP contribution is 2.51. The van der Waals surface area contributed by atoms with Crippen molar-refractivity contribution in [2.45, 2.75) is 43.9 Å². The molecule has 0 radical (unpaired) electrons. The fourth-order valence-corrected chi connectivity index (χ4v) is 2.39. The van der Waals surface area contributed by atoms with Gasteiger partial charge in [-0.2, -0.15) is 12.6 Å². The van der Waals surface area contributed by atoms with Gasteiger partial charge in [-0.15, -0.1) is 0 Å². The Kier molecular flexibility index (Phi) is 2.54. The minimum absolute atomic E-state index is 0.114. The number of nitrogens with one attached hydrogen (secondary N) is 1. The van der Waals surface area contributed by atoms with Gasteiger partial charge in [0.2, 0.25) is 5.91 Å². The fourth-order valence-electron chi connectivity index (χ4n) is 2.32. The molecule has 2 nitrogen and oxygen atoms in total. The predicted octanol–water partition coefficient (Wildman–Crippen LogP) is 1.61. The van der Waals surface area contributed by atoms with Crippen LogP contribution in [0.25, 0.3) is 0 Å². The highest BCUT2D eigenvalue weighted by Gasteiger charge is 2.46. The molecule has 74 valence electrons. The Morgan fingerprint density at radius 1 is 1.46 bits per heavy atom. The minimum atomic E-state index is -0.114. The molecule has 0 saturated heterocycles. The molecular weight excluding hydrogens is 182 g/mol. The van der Waals surface area contributed by atoms with E-state index in [0.717, 1.165) is 18.3 Å². The van der Waals surface area contributed by atoms with E-state index in [1.165, 1.54) is 19.3 Å². The Morgan fingerprint density at radius 3 is 2.62 bits per heavy atom. The van der Waals surface area contributed by atoms with Gasteiger partial charge in [-0.1, -0.05) is 6.92 Å². The summed E-state index contributed by atoms with van der Waals surface area (Å²) >= 11 is 4.22. The van der Waals surface area contributed by atoms with Gasteiger partial charge in [0.15, 0.2) is 0 Å².